The zero-order valence-corrected chi connectivity index (χ0v) is 8.23. The second kappa shape index (κ2) is 5.40. The number of benzene rings is 1. The molecule has 0 bridgehead atoms. The van der Waals surface area contributed by atoms with E-state index in [9.17, 15) is 4.79 Å². The van der Waals surface area contributed by atoms with Crippen LogP contribution in [0.1, 0.15) is 17.9 Å². The van der Waals surface area contributed by atoms with Crippen LogP contribution in [-0.2, 0) is 4.79 Å². The largest absolute Gasteiger partial charge is 0.396 e. The van der Waals surface area contributed by atoms with Crippen molar-refractivity contribution in [2.45, 2.75) is 12.3 Å². The van der Waals surface area contributed by atoms with Crippen LogP contribution in [0.2, 0.25) is 0 Å². The lowest BCUT2D eigenvalue weighted by Gasteiger charge is -2.13. The first-order chi connectivity index (χ1) is 6.77. The molecule has 1 amide bonds. The smallest absolute Gasteiger partial charge is 0.220 e. The Bertz CT molecular complexity index is 285. The average Bonchev–Trinajstić information content (AvgIpc) is 2.26. The van der Waals surface area contributed by atoms with Gasteiger partial charge in [-0.2, -0.15) is 0 Å². The van der Waals surface area contributed by atoms with Crippen molar-refractivity contribution in [1.29, 1.82) is 0 Å². The molecule has 0 aliphatic heterocycles. The van der Waals surface area contributed by atoms with E-state index >= 15 is 0 Å². The zero-order chi connectivity index (χ0) is 10.4. The van der Waals surface area contributed by atoms with Gasteiger partial charge in [-0.3, -0.25) is 4.79 Å². The lowest BCUT2D eigenvalue weighted by molar-refractivity contribution is -0.121. The fourth-order valence-corrected chi connectivity index (χ4v) is 1.34. The molecule has 0 aliphatic rings. The summed E-state index contributed by atoms with van der Waals surface area (Å²) in [6, 6.07) is 9.56. The summed E-state index contributed by atoms with van der Waals surface area (Å²) in [5, 5.41) is 11.7. The predicted octanol–water partition coefficient (Wildman–Crippen LogP) is 0.899. The third-order valence-electron chi connectivity index (χ3n) is 2.20. The van der Waals surface area contributed by atoms with Crippen molar-refractivity contribution in [1.82, 2.24) is 5.32 Å². The molecular formula is C11H15NO2. The predicted molar refractivity (Wildman–Crippen MR) is 55.0 cm³/mol. The summed E-state index contributed by atoms with van der Waals surface area (Å²) in [5.41, 5.74) is 0.999. The van der Waals surface area contributed by atoms with E-state index < -0.39 is 0 Å². The van der Waals surface area contributed by atoms with Gasteiger partial charge in [-0.1, -0.05) is 30.3 Å². The van der Waals surface area contributed by atoms with Gasteiger partial charge >= 0.3 is 0 Å². The minimum Gasteiger partial charge on any atom is -0.396 e. The number of hydrogen-bond donors (Lipinski definition) is 2. The van der Waals surface area contributed by atoms with Gasteiger partial charge in [-0.15, -0.1) is 0 Å². The summed E-state index contributed by atoms with van der Waals surface area (Å²) in [6.45, 7) is -0.00255. The molecule has 1 atom stereocenters. The SMILES string of the molecule is CNC(=O)C[C@@H](CO)c1ccccc1. The van der Waals surface area contributed by atoms with Crippen molar-refractivity contribution in [3.8, 4) is 0 Å². The number of rotatable bonds is 4. The number of hydrogen-bond acceptors (Lipinski definition) is 2. The molecule has 14 heavy (non-hydrogen) atoms. The Kier molecular flexibility index (Phi) is 4.13. The van der Waals surface area contributed by atoms with E-state index in [-0.39, 0.29) is 18.4 Å². The Balaban J connectivity index is 2.68. The lowest BCUT2D eigenvalue weighted by Crippen LogP contribution is -2.21. The molecule has 1 aromatic carbocycles. The number of amides is 1. The molecule has 76 valence electrons. The summed E-state index contributed by atoms with van der Waals surface area (Å²) < 4.78 is 0. The standard InChI is InChI=1S/C11H15NO2/c1-12-11(14)7-10(8-13)9-5-3-2-4-6-9/h2-6,10,13H,7-8H2,1H3,(H,12,14)/t10-/m0/s1. The van der Waals surface area contributed by atoms with E-state index in [1.165, 1.54) is 0 Å². The molecule has 0 heterocycles. The van der Waals surface area contributed by atoms with Crippen LogP contribution in [0, 0.1) is 0 Å². The molecule has 0 saturated carbocycles. The normalized spacial score (nSPS) is 12.1. The average molecular weight is 193 g/mol. The first-order valence-corrected chi connectivity index (χ1v) is 4.64. The van der Waals surface area contributed by atoms with Crippen LogP contribution in [0.3, 0.4) is 0 Å². The Morgan fingerprint density at radius 2 is 2.07 bits per heavy atom. The highest BCUT2D eigenvalue weighted by atomic mass is 16.3. The van der Waals surface area contributed by atoms with Crippen LogP contribution >= 0.6 is 0 Å². The second-order valence-electron chi connectivity index (χ2n) is 3.17. The zero-order valence-electron chi connectivity index (χ0n) is 8.23. The van der Waals surface area contributed by atoms with Crippen molar-refractivity contribution < 1.29 is 9.90 Å². The quantitative estimate of drug-likeness (QED) is 0.746. The molecule has 1 aromatic rings. The van der Waals surface area contributed by atoms with Crippen molar-refractivity contribution >= 4 is 5.91 Å². The van der Waals surface area contributed by atoms with Crippen molar-refractivity contribution in [2.75, 3.05) is 13.7 Å². The molecule has 0 aliphatic carbocycles. The van der Waals surface area contributed by atoms with Crippen LogP contribution in [0.25, 0.3) is 0 Å². The fraction of sp³-hybridized carbons (Fsp3) is 0.364. The maximum absolute atomic E-state index is 11.1. The minimum absolute atomic E-state index is 0.00255. The first kappa shape index (κ1) is 10.7. The van der Waals surface area contributed by atoms with Gasteiger partial charge < -0.3 is 10.4 Å². The molecule has 3 nitrogen and oxygen atoms in total. The van der Waals surface area contributed by atoms with Gasteiger partial charge in [0.25, 0.3) is 0 Å². The number of aliphatic hydroxyl groups is 1. The van der Waals surface area contributed by atoms with Gasteiger partial charge in [-0.05, 0) is 5.56 Å². The van der Waals surface area contributed by atoms with Gasteiger partial charge in [0.15, 0.2) is 0 Å². The van der Waals surface area contributed by atoms with Gasteiger partial charge in [0.05, 0.1) is 6.61 Å². The first-order valence-electron chi connectivity index (χ1n) is 4.64. The molecular weight excluding hydrogens is 178 g/mol. The van der Waals surface area contributed by atoms with E-state index in [4.69, 9.17) is 5.11 Å². The summed E-state index contributed by atoms with van der Waals surface area (Å²) in [5.74, 6) is -0.149. The van der Waals surface area contributed by atoms with Crippen LogP contribution < -0.4 is 5.32 Å². The van der Waals surface area contributed by atoms with Gasteiger partial charge in [0, 0.05) is 19.4 Å². The third kappa shape index (κ3) is 2.85. The van der Waals surface area contributed by atoms with Crippen molar-refractivity contribution in [3.63, 3.8) is 0 Å². The monoisotopic (exact) mass is 193 g/mol. The highest BCUT2D eigenvalue weighted by Gasteiger charge is 2.13. The summed E-state index contributed by atoms with van der Waals surface area (Å²) >= 11 is 0. The van der Waals surface area contributed by atoms with Gasteiger partial charge in [-0.25, -0.2) is 0 Å². The van der Waals surface area contributed by atoms with E-state index in [1.807, 2.05) is 30.3 Å². The third-order valence-corrected chi connectivity index (χ3v) is 2.20. The van der Waals surface area contributed by atoms with Gasteiger partial charge in [0.1, 0.15) is 0 Å². The summed E-state index contributed by atoms with van der Waals surface area (Å²) in [4.78, 5) is 11.1. The molecule has 0 radical (unpaired) electrons. The summed E-state index contributed by atoms with van der Waals surface area (Å²) in [7, 11) is 1.60. The molecule has 3 heteroatoms. The molecule has 1 rings (SSSR count). The summed E-state index contributed by atoms with van der Waals surface area (Å²) in [6.07, 6.45) is 0.330. The van der Waals surface area contributed by atoms with E-state index in [1.54, 1.807) is 7.05 Å². The molecule has 0 fully saturated rings. The van der Waals surface area contributed by atoms with E-state index in [0.717, 1.165) is 5.56 Å². The number of carbonyl (C=O) groups is 1. The molecule has 0 aromatic heterocycles. The van der Waals surface area contributed by atoms with Crippen LogP contribution in [-0.4, -0.2) is 24.7 Å². The van der Waals surface area contributed by atoms with Crippen molar-refractivity contribution in [2.24, 2.45) is 0 Å². The van der Waals surface area contributed by atoms with Crippen LogP contribution in [0.5, 0.6) is 0 Å². The highest BCUT2D eigenvalue weighted by Crippen LogP contribution is 2.18. The van der Waals surface area contributed by atoms with Gasteiger partial charge in [0.2, 0.25) is 5.91 Å². The number of carbonyl (C=O) groups excluding carboxylic acids is 1. The van der Waals surface area contributed by atoms with Crippen LogP contribution in [0.4, 0.5) is 0 Å². The molecule has 2 N–H and O–H groups in total. The lowest BCUT2D eigenvalue weighted by atomic mass is 9.96. The van der Waals surface area contributed by atoms with Crippen LogP contribution in [0.15, 0.2) is 30.3 Å². The Hall–Kier alpha value is -1.35. The maximum Gasteiger partial charge on any atom is 0.220 e. The minimum atomic E-state index is -0.101. The molecule has 0 unspecified atom stereocenters. The number of nitrogens with one attached hydrogen (secondary N) is 1. The Morgan fingerprint density at radius 3 is 2.57 bits per heavy atom. The second-order valence-corrected chi connectivity index (χ2v) is 3.17. The van der Waals surface area contributed by atoms with Crippen molar-refractivity contribution in [3.05, 3.63) is 35.9 Å². The van der Waals surface area contributed by atoms with E-state index in [0.29, 0.717) is 6.42 Å². The Labute approximate surface area is 83.8 Å². The highest BCUT2D eigenvalue weighted by molar-refractivity contribution is 5.76. The molecule has 0 spiro atoms. The van der Waals surface area contributed by atoms with E-state index in [2.05, 4.69) is 5.32 Å². The topological polar surface area (TPSA) is 49.3 Å². The Morgan fingerprint density at radius 1 is 1.43 bits per heavy atom. The number of aliphatic hydroxyl groups excluding tert-OH is 1. The fourth-order valence-electron chi connectivity index (χ4n) is 1.34. The maximum atomic E-state index is 11.1. The molecule has 0 saturated heterocycles.